The van der Waals surface area contributed by atoms with Crippen molar-refractivity contribution < 1.29 is 4.79 Å². The van der Waals surface area contributed by atoms with E-state index in [2.05, 4.69) is 10.3 Å². The van der Waals surface area contributed by atoms with Crippen molar-refractivity contribution in [3.63, 3.8) is 0 Å². The largest absolute Gasteiger partial charge is 0.327 e. The number of carbonyl (C=O) groups excluding carboxylic acids is 1. The Hall–Kier alpha value is -3.14. The van der Waals surface area contributed by atoms with Gasteiger partial charge in [-0.3, -0.25) is 9.59 Å². The zero-order chi connectivity index (χ0) is 15.4. The second-order valence-electron chi connectivity index (χ2n) is 4.81. The number of carbonyl (C=O) groups is 1. The highest BCUT2D eigenvalue weighted by molar-refractivity contribution is 6.04. The normalized spacial score (nSPS) is 10.2. The average molecular weight is 290 g/mol. The van der Waals surface area contributed by atoms with Gasteiger partial charge in [-0.25, -0.2) is 0 Å². The molecule has 0 bridgehead atoms. The minimum atomic E-state index is -0.322. The van der Waals surface area contributed by atoms with Crippen molar-refractivity contribution in [3.8, 4) is 11.1 Å². The van der Waals surface area contributed by atoms with Gasteiger partial charge in [-0.2, -0.15) is 0 Å². The Bertz CT molecular complexity index is 837. The van der Waals surface area contributed by atoms with E-state index in [1.165, 1.54) is 6.20 Å². The molecule has 0 unspecified atom stereocenters. The fourth-order valence-electron chi connectivity index (χ4n) is 2.16. The van der Waals surface area contributed by atoms with Crippen LogP contribution in [0, 0.1) is 0 Å². The molecule has 1 aromatic heterocycles. The first-order valence-electron chi connectivity index (χ1n) is 6.88. The Morgan fingerprint density at radius 3 is 2.18 bits per heavy atom. The number of aromatic amines is 1. The first-order chi connectivity index (χ1) is 10.7. The predicted molar refractivity (Wildman–Crippen MR) is 86.9 cm³/mol. The summed E-state index contributed by atoms with van der Waals surface area (Å²) < 4.78 is 0. The van der Waals surface area contributed by atoms with E-state index in [1.807, 2.05) is 42.5 Å². The molecule has 0 saturated carbocycles. The summed E-state index contributed by atoms with van der Waals surface area (Å²) in [6.45, 7) is 0. The second kappa shape index (κ2) is 6.10. The number of hydrogen-bond acceptors (Lipinski definition) is 2. The molecule has 0 atom stereocenters. The molecule has 4 heteroatoms. The molecule has 0 aliphatic rings. The van der Waals surface area contributed by atoms with Gasteiger partial charge >= 0.3 is 0 Å². The molecular weight excluding hydrogens is 276 g/mol. The Morgan fingerprint density at radius 1 is 0.818 bits per heavy atom. The third kappa shape index (κ3) is 2.96. The summed E-state index contributed by atoms with van der Waals surface area (Å²) in [4.78, 5) is 26.2. The van der Waals surface area contributed by atoms with Gasteiger partial charge in [0.1, 0.15) is 5.69 Å². The number of benzene rings is 2. The summed E-state index contributed by atoms with van der Waals surface area (Å²) in [7, 11) is 0. The van der Waals surface area contributed by atoms with Crippen molar-refractivity contribution in [2.45, 2.75) is 0 Å². The maximum absolute atomic E-state index is 12.2. The molecule has 3 rings (SSSR count). The summed E-state index contributed by atoms with van der Waals surface area (Å²) in [5.74, 6) is -0.309. The molecule has 0 saturated heterocycles. The Balaban J connectivity index is 1.80. The van der Waals surface area contributed by atoms with Gasteiger partial charge < -0.3 is 10.3 Å². The van der Waals surface area contributed by atoms with E-state index in [4.69, 9.17) is 0 Å². The van der Waals surface area contributed by atoms with Gasteiger partial charge in [0.25, 0.3) is 11.5 Å². The summed E-state index contributed by atoms with van der Waals surface area (Å²) in [5, 5.41) is 2.60. The lowest BCUT2D eigenvalue weighted by atomic mass is 10.0. The second-order valence-corrected chi connectivity index (χ2v) is 4.81. The van der Waals surface area contributed by atoms with E-state index in [1.54, 1.807) is 24.3 Å². The molecule has 0 aliphatic heterocycles. The fourth-order valence-corrected chi connectivity index (χ4v) is 2.16. The lowest BCUT2D eigenvalue weighted by molar-refractivity contribution is 0.102. The number of nitrogens with one attached hydrogen (secondary N) is 2. The van der Waals surface area contributed by atoms with Crippen molar-refractivity contribution in [1.82, 2.24) is 4.98 Å². The van der Waals surface area contributed by atoms with E-state index in [-0.39, 0.29) is 17.2 Å². The Kier molecular flexibility index (Phi) is 3.83. The van der Waals surface area contributed by atoms with Crippen LogP contribution in [0.1, 0.15) is 10.4 Å². The van der Waals surface area contributed by atoms with Crippen LogP contribution >= 0.6 is 0 Å². The molecule has 4 nitrogen and oxygen atoms in total. The molecule has 1 heterocycles. The average Bonchev–Trinajstić information content (AvgIpc) is 2.58. The molecule has 0 aliphatic carbocycles. The maximum Gasteiger partial charge on any atom is 0.271 e. The molecule has 3 aromatic rings. The minimum absolute atomic E-state index is 0.236. The van der Waals surface area contributed by atoms with Crippen LogP contribution in [-0.2, 0) is 0 Å². The summed E-state index contributed by atoms with van der Waals surface area (Å²) in [6.07, 6.45) is 1.52. The van der Waals surface area contributed by atoms with Crippen molar-refractivity contribution in [2.24, 2.45) is 0 Å². The van der Waals surface area contributed by atoms with Crippen molar-refractivity contribution in [2.75, 3.05) is 5.32 Å². The lowest BCUT2D eigenvalue weighted by Gasteiger charge is -2.06. The molecule has 0 fully saturated rings. The summed E-state index contributed by atoms with van der Waals surface area (Å²) in [6, 6.07) is 20.4. The topological polar surface area (TPSA) is 62.0 Å². The van der Waals surface area contributed by atoms with Crippen molar-refractivity contribution in [1.29, 1.82) is 0 Å². The fraction of sp³-hybridized carbons (Fsp3) is 0. The van der Waals surface area contributed by atoms with Gasteiger partial charge in [-0.05, 0) is 35.4 Å². The standard InChI is InChI=1S/C18H14N2O2/c21-17(20-16-7-4-12-19-18(16)22)15-10-8-14(9-11-15)13-5-2-1-3-6-13/h1-12H,(H,19,22)(H,20,21). The third-order valence-electron chi connectivity index (χ3n) is 3.32. The molecule has 0 radical (unpaired) electrons. The van der Waals surface area contributed by atoms with E-state index < -0.39 is 0 Å². The summed E-state index contributed by atoms with van der Waals surface area (Å²) >= 11 is 0. The zero-order valence-corrected chi connectivity index (χ0v) is 11.7. The van der Waals surface area contributed by atoms with E-state index in [9.17, 15) is 9.59 Å². The molecule has 2 N–H and O–H groups in total. The van der Waals surface area contributed by atoms with Crippen molar-refractivity contribution >= 4 is 11.6 Å². The van der Waals surface area contributed by atoms with E-state index in [0.717, 1.165) is 11.1 Å². The van der Waals surface area contributed by atoms with Crippen LogP contribution < -0.4 is 10.9 Å². The molecule has 2 aromatic carbocycles. The maximum atomic E-state index is 12.2. The van der Waals surface area contributed by atoms with Gasteiger partial charge in [-0.15, -0.1) is 0 Å². The van der Waals surface area contributed by atoms with Crippen LogP contribution in [0.3, 0.4) is 0 Å². The molecule has 1 amide bonds. The Morgan fingerprint density at radius 2 is 1.50 bits per heavy atom. The highest BCUT2D eigenvalue weighted by atomic mass is 16.2. The quantitative estimate of drug-likeness (QED) is 0.777. The predicted octanol–water partition coefficient (Wildman–Crippen LogP) is 3.29. The van der Waals surface area contributed by atoms with Crippen LogP contribution in [-0.4, -0.2) is 10.9 Å². The van der Waals surface area contributed by atoms with Gasteiger partial charge in [0.2, 0.25) is 0 Å². The molecule has 0 spiro atoms. The van der Waals surface area contributed by atoms with Crippen LogP contribution in [0.4, 0.5) is 5.69 Å². The monoisotopic (exact) mass is 290 g/mol. The zero-order valence-electron chi connectivity index (χ0n) is 11.7. The summed E-state index contributed by atoms with van der Waals surface area (Å²) in [5.41, 5.74) is 2.54. The van der Waals surface area contributed by atoms with Gasteiger partial charge in [0.05, 0.1) is 0 Å². The van der Waals surface area contributed by atoms with Crippen LogP contribution in [0.5, 0.6) is 0 Å². The number of amides is 1. The molecular formula is C18H14N2O2. The molecule has 108 valence electrons. The highest BCUT2D eigenvalue weighted by Crippen LogP contribution is 2.19. The van der Waals surface area contributed by atoms with Crippen LogP contribution in [0.15, 0.2) is 77.7 Å². The lowest BCUT2D eigenvalue weighted by Crippen LogP contribution is -2.19. The number of H-pyrrole nitrogens is 1. The number of anilines is 1. The van der Waals surface area contributed by atoms with Crippen LogP contribution in [0.25, 0.3) is 11.1 Å². The number of rotatable bonds is 3. The van der Waals surface area contributed by atoms with Crippen molar-refractivity contribution in [3.05, 3.63) is 88.8 Å². The number of pyridine rings is 1. The number of aromatic nitrogens is 1. The molecule has 22 heavy (non-hydrogen) atoms. The van der Waals surface area contributed by atoms with Gasteiger partial charge in [0, 0.05) is 11.8 Å². The van der Waals surface area contributed by atoms with E-state index >= 15 is 0 Å². The Labute approximate surface area is 127 Å². The third-order valence-corrected chi connectivity index (χ3v) is 3.32. The van der Waals surface area contributed by atoms with Gasteiger partial charge in [-0.1, -0.05) is 42.5 Å². The van der Waals surface area contributed by atoms with Gasteiger partial charge in [0.15, 0.2) is 0 Å². The van der Waals surface area contributed by atoms with E-state index in [0.29, 0.717) is 5.56 Å². The smallest absolute Gasteiger partial charge is 0.271 e. The first kappa shape index (κ1) is 13.8. The van der Waals surface area contributed by atoms with Crippen LogP contribution in [0.2, 0.25) is 0 Å². The number of hydrogen-bond donors (Lipinski definition) is 2. The minimum Gasteiger partial charge on any atom is -0.327 e. The SMILES string of the molecule is O=C(Nc1ccc[nH]c1=O)c1ccc(-c2ccccc2)cc1. The highest BCUT2D eigenvalue weighted by Gasteiger charge is 2.08. The first-order valence-corrected chi connectivity index (χ1v) is 6.88.